The molecule has 0 radical (unpaired) electrons. The molecule has 7 heteroatoms. The molecular formula is C19H17FN2O4. The fourth-order valence-electron chi connectivity index (χ4n) is 2.37. The second-order valence-corrected chi connectivity index (χ2v) is 5.48. The number of aromatic nitrogens is 1. The quantitative estimate of drug-likeness (QED) is 0.665. The minimum atomic E-state index is -1.22. The monoisotopic (exact) mass is 356 g/mol. The Bertz CT molecular complexity index is 984. The number of pyridine rings is 1. The molecule has 134 valence electrons. The molecule has 1 amide bonds. The molecule has 2 aromatic carbocycles. The van der Waals surface area contributed by atoms with Crippen molar-refractivity contribution in [2.75, 3.05) is 6.67 Å². The number of H-pyrrole nitrogens is 1. The molecule has 0 spiro atoms. The summed E-state index contributed by atoms with van der Waals surface area (Å²) in [6.45, 7) is -1.06. The van der Waals surface area contributed by atoms with Gasteiger partial charge in [0.05, 0.1) is 0 Å². The molecule has 3 rings (SSSR count). The van der Waals surface area contributed by atoms with E-state index in [1.54, 1.807) is 12.1 Å². The number of primary amides is 1. The maximum atomic E-state index is 12.2. The zero-order valence-corrected chi connectivity index (χ0v) is 13.7. The first-order chi connectivity index (χ1) is 12.4. The molecule has 3 aromatic rings. The highest BCUT2D eigenvalue weighted by Gasteiger charge is 2.11. The van der Waals surface area contributed by atoms with E-state index in [-0.39, 0.29) is 5.56 Å². The van der Waals surface area contributed by atoms with Crippen molar-refractivity contribution >= 4 is 22.8 Å². The average molecular weight is 356 g/mol. The molecule has 1 heterocycles. The van der Waals surface area contributed by atoms with Crippen LogP contribution in [-0.4, -0.2) is 28.6 Å². The number of hydrogen-bond donors (Lipinski definition) is 3. The van der Waals surface area contributed by atoms with Crippen LogP contribution in [0.1, 0.15) is 21.5 Å². The van der Waals surface area contributed by atoms with Crippen molar-refractivity contribution in [2.45, 2.75) is 6.42 Å². The highest BCUT2D eigenvalue weighted by atomic mass is 19.1. The average Bonchev–Trinajstić information content (AvgIpc) is 2.63. The van der Waals surface area contributed by atoms with Gasteiger partial charge < -0.3 is 15.8 Å². The van der Waals surface area contributed by atoms with Crippen LogP contribution in [0.2, 0.25) is 0 Å². The minimum absolute atomic E-state index is 0.237. The third-order valence-electron chi connectivity index (χ3n) is 3.56. The molecule has 26 heavy (non-hydrogen) atoms. The van der Waals surface area contributed by atoms with Crippen LogP contribution < -0.4 is 11.2 Å². The maximum absolute atomic E-state index is 12.2. The zero-order chi connectivity index (χ0) is 19.1. The van der Waals surface area contributed by atoms with Crippen LogP contribution in [0.5, 0.6) is 0 Å². The van der Waals surface area contributed by atoms with Gasteiger partial charge in [0.1, 0.15) is 5.56 Å². The number of amides is 1. The van der Waals surface area contributed by atoms with E-state index in [0.717, 1.165) is 11.1 Å². The zero-order valence-electron chi connectivity index (χ0n) is 13.7. The van der Waals surface area contributed by atoms with Crippen molar-refractivity contribution in [3.63, 3.8) is 0 Å². The second kappa shape index (κ2) is 8.57. The summed E-state index contributed by atoms with van der Waals surface area (Å²) in [7, 11) is 0. The lowest BCUT2D eigenvalue weighted by molar-refractivity contribution is -0.118. The normalized spacial score (nSPS) is 10.0. The van der Waals surface area contributed by atoms with Crippen molar-refractivity contribution < 1.29 is 19.1 Å². The molecular weight excluding hydrogens is 339 g/mol. The van der Waals surface area contributed by atoms with E-state index in [0.29, 0.717) is 17.3 Å². The van der Waals surface area contributed by atoms with Gasteiger partial charge in [-0.25, -0.2) is 9.18 Å². The van der Waals surface area contributed by atoms with Gasteiger partial charge in [-0.1, -0.05) is 36.4 Å². The van der Waals surface area contributed by atoms with E-state index in [2.05, 4.69) is 10.7 Å². The van der Waals surface area contributed by atoms with Crippen LogP contribution in [0.15, 0.2) is 59.5 Å². The van der Waals surface area contributed by atoms with Crippen LogP contribution in [0.25, 0.3) is 10.9 Å². The van der Waals surface area contributed by atoms with E-state index in [1.165, 1.54) is 6.20 Å². The number of benzene rings is 2. The van der Waals surface area contributed by atoms with E-state index in [1.807, 2.05) is 36.4 Å². The predicted molar refractivity (Wildman–Crippen MR) is 95.9 cm³/mol. The second-order valence-electron chi connectivity index (χ2n) is 5.48. The van der Waals surface area contributed by atoms with E-state index in [4.69, 9.17) is 5.11 Å². The number of rotatable bonds is 4. The summed E-state index contributed by atoms with van der Waals surface area (Å²) in [5.41, 5.74) is 6.34. The van der Waals surface area contributed by atoms with Crippen molar-refractivity contribution in [3.05, 3.63) is 81.6 Å². The highest BCUT2D eigenvalue weighted by molar-refractivity contribution is 5.92. The molecule has 0 atom stereocenters. The van der Waals surface area contributed by atoms with Crippen LogP contribution in [-0.2, 0) is 11.2 Å². The van der Waals surface area contributed by atoms with Crippen LogP contribution in [0, 0.1) is 0 Å². The summed E-state index contributed by atoms with van der Waals surface area (Å²) in [5, 5.41) is 9.42. The number of carbonyl (C=O) groups excluding carboxylic acids is 1. The van der Waals surface area contributed by atoms with Gasteiger partial charge in [-0.3, -0.25) is 9.59 Å². The molecule has 0 saturated heterocycles. The number of carboxylic acid groups (broad SMARTS) is 1. The molecule has 0 aliphatic carbocycles. The van der Waals surface area contributed by atoms with Crippen LogP contribution in [0.3, 0.4) is 0 Å². The van der Waals surface area contributed by atoms with E-state index in [9.17, 15) is 18.8 Å². The number of alkyl halides is 1. The SMILES string of the molecule is NC(=O)CF.O=C(O)c1c[nH]c2ccc(Cc3ccccc3)cc2c1=O. The van der Waals surface area contributed by atoms with Crippen molar-refractivity contribution in [2.24, 2.45) is 5.73 Å². The molecule has 4 N–H and O–H groups in total. The number of hydrogen-bond acceptors (Lipinski definition) is 3. The Morgan fingerprint density at radius 1 is 1.08 bits per heavy atom. The van der Waals surface area contributed by atoms with Gasteiger partial charge in [-0.15, -0.1) is 0 Å². The number of aromatic carboxylic acids is 1. The molecule has 0 bridgehead atoms. The fourth-order valence-corrected chi connectivity index (χ4v) is 2.37. The molecule has 0 unspecified atom stereocenters. The molecule has 0 aliphatic rings. The topological polar surface area (TPSA) is 113 Å². The van der Waals surface area contributed by atoms with Crippen molar-refractivity contribution in [1.29, 1.82) is 0 Å². The largest absolute Gasteiger partial charge is 0.477 e. The highest BCUT2D eigenvalue weighted by Crippen LogP contribution is 2.15. The van der Waals surface area contributed by atoms with Gasteiger partial charge in [0, 0.05) is 17.1 Å². The van der Waals surface area contributed by atoms with Gasteiger partial charge in [0.15, 0.2) is 6.67 Å². The Balaban J connectivity index is 0.000000431. The number of aromatic amines is 1. The molecule has 0 aliphatic heterocycles. The van der Waals surface area contributed by atoms with Gasteiger partial charge >= 0.3 is 5.97 Å². The van der Waals surface area contributed by atoms with Crippen molar-refractivity contribution in [3.8, 4) is 0 Å². The molecule has 1 aromatic heterocycles. The summed E-state index contributed by atoms with van der Waals surface area (Å²) in [4.78, 5) is 35.3. The van der Waals surface area contributed by atoms with Crippen LogP contribution >= 0.6 is 0 Å². The standard InChI is InChI=1S/C17H13NO3.C2H4FNO/c19-16-13-9-12(8-11-4-2-1-3-5-11)6-7-15(13)18-10-14(16)17(20)21;3-1-2(4)5/h1-7,9-10H,8H2,(H,18,19)(H,20,21);1H2,(H2,4,5). The Morgan fingerprint density at radius 3 is 2.31 bits per heavy atom. The third kappa shape index (κ3) is 4.76. The Labute approximate surface area is 148 Å². The van der Waals surface area contributed by atoms with Crippen LogP contribution in [0.4, 0.5) is 4.39 Å². The number of fused-ring (bicyclic) bond motifs is 1. The van der Waals surface area contributed by atoms with Gasteiger partial charge in [-0.2, -0.15) is 0 Å². The molecule has 0 fully saturated rings. The Morgan fingerprint density at radius 2 is 1.73 bits per heavy atom. The first kappa shape index (κ1) is 18.9. The summed E-state index contributed by atoms with van der Waals surface area (Å²) >= 11 is 0. The molecule has 0 saturated carbocycles. The predicted octanol–water partition coefficient (Wildman–Crippen LogP) is 2.26. The van der Waals surface area contributed by atoms with E-state index < -0.39 is 24.0 Å². The number of nitrogens with one attached hydrogen (secondary N) is 1. The summed E-state index contributed by atoms with van der Waals surface area (Å²) in [5.74, 6) is -2.13. The first-order valence-corrected chi connectivity index (χ1v) is 7.68. The fraction of sp³-hybridized carbons (Fsp3) is 0.105. The smallest absolute Gasteiger partial charge is 0.341 e. The number of halogens is 1. The lowest BCUT2D eigenvalue weighted by Gasteiger charge is -2.05. The number of carboxylic acids is 1. The summed E-state index contributed by atoms with van der Waals surface area (Å²) < 4.78 is 10.6. The maximum Gasteiger partial charge on any atom is 0.341 e. The van der Waals surface area contributed by atoms with Gasteiger partial charge in [0.25, 0.3) is 0 Å². The molecule has 6 nitrogen and oxygen atoms in total. The number of nitrogens with two attached hydrogens (primary N) is 1. The first-order valence-electron chi connectivity index (χ1n) is 7.68. The van der Waals surface area contributed by atoms with E-state index >= 15 is 0 Å². The Hall–Kier alpha value is -3.48. The minimum Gasteiger partial charge on any atom is -0.477 e. The lowest BCUT2D eigenvalue weighted by Crippen LogP contribution is -2.15. The lowest BCUT2D eigenvalue weighted by atomic mass is 10.0. The summed E-state index contributed by atoms with van der Waals surface area (Å²) in [6.07, 6.45) is 1.94. The summed E-state index contributed by atoms with van der Waals surface area (Å²) in [6, 6.07) is 15.4. The number of carbonyl (C=O) groups is 2. The van der Waals surface area contributed by atoms with Gasteiger partial charge in [0.2, 0.25) is 11.3 Å². The van der Waals surface area contributed by atoms with Gasteiger partial charge in [-0.05, 0) is 29.7 Å². The van der Waals surface area contributed by atoms with Crippen molar-refractivity contribution in [1.82, 2.24) is 4.98 Å². The Kier molecular flexibility index (Phi) is 6.21. The third-order valence-corrected chi connectivity index (χ3v) is 3.56.